The van der Waals surface area contributed by atoms with Gasteiger partial charge in [0.05, 0.1) is 24.0 Å². The van der Waals surface area contributed by atoms with Gasteiger partial charge in [-0.25, -0.2) is 0 Å². The molecular weight excluding hydrogens is 372 g/mol. The van der Waals surface area contributed by atoms with Crippen molar-refractivity contribution in [2.45, 2.75) is 19.3 Å². The lowest BCUT2D eigenvalue weighted by atomic mass is 9.66. The summed E-state index contributed by atoms with van der Waals surface area (Å²) in [5.41, 5.74) is 9.27. The van der Waals surface area contributed by atoms with Crippen LogP contribution in [0.15, 0.2) is 51.7 Å². The second-order valence-corrected chi connectivity index (χ2v) is 9.74. The van der Waals surface area contributed by atoms with Gasteiger partial charge in [-0.1, -0.05) is 23.8 Å². The van der Waals surface area contributed by atoms with Gasteiger partial charge in [0.25, 0.3) is 10.1 Å². The summed E-state index contributed by atoms with van der Waals surface area (Å²) < 4.78 is 27.5. The van der Waals surface area contributed by atoms with Gasteiger partial charge >= 0.3 is 0 Å². The molecule has 26 heavy (non-hydrogen) atoms. The zero-order chi connectivity index (χ0) is 18.5. The van der Waals surface area contributed by atoms with E-state index in [1.54, 1.807) is 0 Å². The van der Waals surface area contributed by atoms with E-state index in [0.29, 0.717) is 17.4 Å². The molecule has 0 saturated carbocycles. The fourth-order valence-electron chi connectivity index (χ4n) is 4.67. The average molecular weight is 395 g/mol. The minimum atomic E-state index is -3.41. The number of nitrogens with two attached hydrogens (primary N) is 1. The maximum absolute atomic E-state index is 11.3. The molecule has 0 aromatic carbocycles. The van der Waals surface area contributed by atoms with Crippen LogP contribution in [0.1, 0.15) is 19.3 Å². The van der Waals surface area contributed by atoms with Crippen LogP contribution in [0, 0.1) is 23.2 Å². The fourth-order valence-corrected chi connectivity index (χ4v) is 5.24. The Labute approximate surface area is 159 Å². The van der Waals surface area contributed by atoms with Crippen LogP contribution in [0.25, 0.3) is 0 Å². The van der Waals surface area contributed by atoms with Crippen LogP contribution in [0.3, 0.4) is 0 Å². The molecule has 1 heterocycles. The number of rotatable bonds is 4. The first-order valence-electron chi connectivity index (χ1n) is 8.93. The van der Waals surface area contributed by atoms with E-state index in [0.717, 1.165) is 37.1 Å². The van der Waals surface area contributed by atoms with Gasteiger partial charge in [0.1, 0.15) is 0 Å². The highest BCUT2D eigenvalue weighted by molar-refractivity contribution is 7.85. The van der Waals surface area contributed by atoms with Gasteiger partial charge in [-0.15, -0.1) is 0 Å². The Hall–Kier alpha value is -1.37. The Balaban J connectivity index is 1.71. The highest BCUT2D eigenvalue weighted by Gasteiger charge is 2.47. The number of allylic oxidation sites excluding steroid dienone is 7. The Bertz CT molecular complexity index is 884. The number of aliphatic imine (C=N–C) groups is 1. The lowest BCUT2D eigenvalue weighted by molar-refractivity contribution is 0.284. The minimum Gasteiger partial charge on any atom is -0.402 e. The average Bonchev–Trinajstić information content (AvgIpc) is 2.76. The van der Waals surface area contributed by atoms with Crippen molar-refractivity contribution in [2.75, 3.05) is 19.4 Å². The summed E-state index contributed by atoms with van der Waals surface area (Å²) in [4.78, 5) is 4.81. The van der Waals surface area contributed by atoms with E-state index in [4.69, 9.17) is 26.5 Å². The molecule has 0 amide bonds. The third-order valence-corrected chi connectivity index (χ3v) is 6.66. The van der Waals surface area contributed by atoms with E-state index >= 15 is 0 Å². The molecule has 4 bridgehead atoms. The summed E-state index contributed by atoms with van der Waals surface area (Å²) in [5.74, 6) is 0.873. The lowest BCUT2D eigenvalue weighted by Crippen LogP contribution is -2.38. The summed E-state index contributed by atoms with van der Waals surface area (Å²) in [5, 5.41) is 0.676. The standard InChI is InChI=1S/C19H23ClN2O3S/c1-26(23,24)25-5-3-12-6-13-8-14-11-22-18-9-15(20)2-4-19(18,10-17(13)21)16(14)7-12/h2,4,7,9-10,12-14H,3,5-6,8,11,21H2,1H3. The zero-order valence-corrected chi connectivity index (χ0v) is 16.3. The van der Waals surface area contributed by atoms with Gasteiger partial charge in [-0.05, 0) is 54.9 Å². The molecule has 1 aliphatic heterocycles. The largest absolute Gasteiger partial charge is 0.402 e. The Morgan fingerprint density at radius 1 is 1.38 bits per heavy atom. The molecule has 0 aromatic heterocycles. The van der Waals surface area contributed by atoms with Crippen molar-refractivity contribution in [3.8, 4) is 0 Å². The van der Waals surface area contributed by atoms with Crippen LogP contribution in [0.2, 0.25) is 0 Å². The molecule has 7 heteroatoms. The van der Waals surface area contributed by atoms with E-state index < -0.39 is 15.5 Å². The molecule has 0 aromatic rings. The van der Waals surface area contributed by atoms with E-state index in [1.807, 2.05) is 12.2 Å². The van der Waals surface area contributed by atoms with E-state index in [2.05, 4.69) is 18.2 Å². The number of nitrogens with zero attached hydrogens (tertiary/aromatic N) is 1. The molecule has 4 aliphatic rings. The first-order valence-corrected chi connectivity index (χ1v) is 11.1. The highest BCUT2D eigenvalue weighted by atomic mass is 35.5. The van der Waals surface area contributed by atoms with Gasteiger partial charge in [-0.2, -0.15) is 8.42 Å². The summed E-state index contributed by atoms with van der Waals surface area (Å²) in [6.45, 7) is 0.950. The fraction of sp³-hybridized carbons (Fsp3) is 0.526. The molecule has 1 spiro atoms. The third-order valence-electron chi connectivity index (χ3n) is 5.83. The molecule has 140 valence electrons. The predicted octanol–water partition coefficient (Wildman–Crippen LogP) is 2.91. The SMILES string of the molecule is CS(=O)(=O)OCCC1C=C2C3CN=C4C=C(Cl)C=CC24C=C(N)C(C1)C3. The van der Waals surface area contributed by atoms with Gasteiger partial charge < -0.3 is 5.73 Å². The summed E-state index contributed by atoms with van der Waals surface area (Å²) in [6, 6.07) is 0. The van der Waals surface area contributed by atoms with Crippen LogP contribution in [0.5, 0.6) is 0 Å². The first kappa shape index (κ1) is 18.0. The van der Waals surface area contributed by atoms with Gasteiger partial charge in [-0.3, -0.25) is 9.18 Å². The minimum absolute atomic E-state index is 0.198. The predicted molar refractivity (Wildman–Crippen MR) is 103 cm³/mol. The normalized spacial score (nSPS) is 35.5. The molecule has 0 radical (unpaired) electrons. The topological polar surface area (TPSA) is 81.8 Å². The van der Waals surface area contributed by atoms with Crippen LogP contribution in [-0.2, 0) is 14.3 Å². The smallest absolute Gasteiger partial charge is 0.264 e. The van der Waals surface area contributed by atoms with Crippen molar-refractivity contribution in [3.63, 3.8) is 0 Å². The lowest BCUT2D eigenvalue weighted by Gasteiger charge is -2.39. The van der Waals surface area contributed by atoms with Crippen molar-refractivity contribution >= 4 is 27.4 Å². The number of halogens is 1. The maximum Gasteiger partial charge on any atom is 0.264 e. The first-order chi connectivity index (χ1) is 12.3. The summed E-state index contributed by atoms with van der Waals surface area (Å²) >= 11 is 6.21. The number of fused-ring (bicyclic) bond motifs is 1. The van der Waals surface area contributed by atoms with Gasteiger partial charge in [0.15, 0.2) is 0 Å². The van der Waals surface area contributed by atoms with Crippen LogP contribution in [0.4, 0.5) is 0 Å². The van der Waals surface area contributed by atoms with Crippen LogP contribution >= 0.6 is 11.6 Å². The molecule has 0 saturated heterocycles. The summed E-state index contributed by atoms with van der Waals surface area (Å²) in [6.07, 6.45) is 14.1. The van der Waals surface area contributed by atoms with Crippen molar-refractivity contribution in [2.24, 2.45) is 33.9 Å². The molecule has 2 N–H and O–H groups in total. The summed E-state index contributed by atoms with van der Waals surface area (Å²) in [7, 11) is -3.41. The second-order valence-electron chi connectivity index (χ2n) is 7.66. The molecule has 4 unspecified atom stereocenters. The van der Waals surface area contributed by atoms with Gasteiger partial charge in [0.2, 0.25) is 0 Å². The zero-order valence-electron chi connectivity index (χ0n) is 14.7. The maximum atomic E-state index is 11.3. The molecule has 5 nitrogen and oxygen atoms in total. The molecular formula is C19H23ClN2O3S. The van der Waals surface area contributed by atoms with Crippen LogP contribution < -0.4 is 5.73 Å². The quantitative estimate of drug-likeness (QED) is 0.587. The van der Waals surface area contributed by atoms with Crippen molar-refractivity contribution in [1.29, 1.82) is 0 Å². The molecule has 3 aliphatic carbocycles. The van der Waals surface area contributed by atoms with Crippen LogP contribution in [-0.4, -0.2) is 33.5 Å². The van der Waals surface area contributed by atoms with E-state index in [9.17, 15) is 8.42 Å². The Morgan fingerprint density at radius 2 is 2.19 bits per heavy atom. The second kappa shape index (κ2) is 6.36. The Morgan fingerprint density at radius 3 is 2.96 bits per heavy atom. The van der Waals surface area contributed by atoms with Crippen molar-refractivity contribution in [3.05, 3.63) is 46.7 Å². The Kier molecular flexibility index (Phi) is 4.40. The molecule has 4 rings (SSSR count). The molecule has 0 fully saturated rings. The monoisotopic (exact) mass is 394 g/mol. The van der Waals surface area contributed by atoms with E-state index in [1.165, 1.54) is 5.57 Å². The highest BCUT2D eigenvalue weighted by Crippen LogP contribution is 2.52. The third kappa shape index (κ3) is 3.19. The number of hydrogen-bond donors (Lipinski definition) is 1. The van der Waals surface area contributed by atoms with Crippen molar-refractivity contribution < 1.29 is 12.6 Å². The van der Waals surface area contributed by atoms with Crippen molar-refractivity contribution in [1.82, 2.24) is 0 Å². The number of hydrogen-bond acceptors (Lipinski definition) is 5. The van der Waals surface area contributed by atoms with E-state index in [-0.39, 0.29) is 18.4 Å². The van der Waals surface area contributed by atoms with Gasteiger partial charge in [0, 0.05) is 23.2 Å². The molecule has 4 atom stereocenters.